The number of halogens is 1. The quantitative estimate of drug-likeness (QED) is 0.899. The first-order valence-corrected chi connectivity index (χ1v) is 6.24. The smallest absolute Gasteiger partial charge is 0.259 e. The number of nitrogens with two attached hydrogens (primary N) is 1. The van der Waals surface area contributed by atoms with Crippen LogP contribution in [-0.4, -0.2) is 15.7 Å². The number of hydrogen-bond acceptors (Lipinski definition) is 3. The Kier molecular flexibility index (Phi) is 3.85. The van der Waals surface area contributed by atoms with E-state index in [4.69, 9.17) is 5.73 Å². The van der Waals surface area contributed by atoms with Crippen LogP contribution in [0.4, 0.5) is 10.1 Å². The number of rotatable bonds is 3. The first-order valence-electron chi connectivity index (χ1n) is 6.24. The molecule has 5 nitrogen and oxygen atoms in total. The highest BCUT2D eigenvalue weighted by Gasteiger charge is 2.17. The molecule has 0 fully saturated rings. The van der Waals surface area contributed by atoms with E-state index in [1.165, 1.54) is 18.2 Å². The molecule has 106 valence electrons. The zero-order chi connectivity index (χ0) is 14.9. The number of aryl methyl sites for hydroxylation is 2. The molecular formula is C14H17FN4O. The molecule has 1 heterocycles. The van der Waals surface area contributed by atoms with Crippen molar-refractivity contribution < 1.29 is 9.18 Å². The van der Waals surface area contributed by atoms with Crippen LogP contribution in [0.15, 0.2) is 18.2 Å². The molecule has 1 amide bonds. The van der Waals surface area contributed by atoms with Gasteiger partial charge in [0.25, 0.3) is 5.91 Å². The Labute approximate surface area is 116 Å². The SMILES string of the molecule is Cc1nn(C)c(C)c1C(=O)Nc1ccc(F)c(CN)c1. The molecule has 0 spiro atoms. The van der Waals surface area contributed by atoms with Crippen LogP contribution in [0.1, 0.15) is 27.3 Å². The fourth-order valence-corrected chi connectivity index (χ4v) is 2.10. The predicted molar refractivity (Wildman–Crippen MR) is 74.9 cm³/mol. The largest absolute Gasteiger partial charge is 0.326 e. The van der Waals surface area contributed by atoms with Crippen molar-refractivity contribution in [3.63, 3.8) is 0 Å². The van der Waals surface area contributed by atoms with Gasteiger partial charge in [-0.15, -0.1) is 0 Å². The molecule has 20 heavy (non-hydrogen) atoms. The zero-order valence-electron chi connectivity index (χ0n) is 11.7. The van der Waals surface area contributed by atoms with E-state index in [1.54, 1.807) is 18.7 Å². The molecular weight excluding hydrogens is 259 g/mol. The Morgan fingerprint density at radius 1 is 1.45 bits per heavy atom. The molecule has 0 unspecified atom stereocenters. The molecule has 0 radical (unpaired) electrons. The highest BCUT2D eigenvalue weighted by molar-refractivity contribution is 6.05. The summed E-state index contributed by atoms with van der Waals surface area (Å²) in [6.45, 7) is 3.68. The average molecular weight is 276 g/mol. The Bertz CT molecular complexity index is 663. The third-order valence-corrected chi connectivity index (χ3v) is 3.26. The normalized spacial score (nSPS) is 10.7. The maximum absolute atomic E-state index is 13.4. The summed E-state index contributed by atoms with van der Waals surface area (Å²) in [7, 11) is 1.78. The first-order chi connectivity index (χ1) is 9.43. The van der Waals surface area contributed by atoms with Gasteiger partial charge in [0.1, 0.15) is 5.82 Å². The predicted octanol–water partition coefficient (Wildman–Crippen LogP) is 1.89. The molecule has 6 heteroatoms. The van der Waals surface area contributed by atoms with E-state index in [0.717, 1.165) is 5.69 Å². The van der Waals surface area contributed by atoms with Crippen molar-refractivity contribution in [1.29, 1.82) is 0 Å². The van der Waals surface area contributed by atoms with E-state index in [-0.39, 0.29) is 18.3 Å². The fourth-order valence-electron chi connectivity index (χ4n) is 2.10. The molecule has 0 bridgehead atoms. The minimum absolute atomic E-state index is 0.0838. The van der Waals surface area contributed by atoms with Crippen LogP contribution in [0.3, 0.4) is 0 Å². The van der Waals surface area contributed by atoms with Gasteiger partial charge in [-0.3, -0.25) is 9.48 Å². The summed E-state index contributed by atoms with van der Waals surface area (Å²) < 4.78 is 15.0. The number of anilines is 1. The van der Waals surface area contributed by atoms with E-state index in [2.05, 4.69) is 10.4 Å². The average Bonchev–Trinajstić information content (AvgIpc) is 2.65. The van der Waals surface area contributed by atoms with Crippen LogP contribution in [0, 0.1) is 19.7 Å². The van der Waals surface area contributed by atoms with Crippen molar-refractivity contribution in [3.05, 3.63) is 46.5 Å². The highest BCUT2D eigenvalue weighted by Crippen LogP contribution is 2.18. The molecule has 0 aliphatic carbocycles. The van der Waals surface area contributed by atoms with E-state index in [9.17, 15) is 9.18 Å². The summed E-state index contributed by atoms with van der Waals surface area (Å²) in [4.78, 5) is 12.3. The van der Waals surface area contributed by atoms with Crippen LogP contribution in [0.25, 0.3) is 0 Å². The number of nitrogens with zero attached hydrogens (tertiary/aromatic N) is 2. The van der Waals surface area contributed by atoms with Gasteiger partial charge in [-0.25, -0.2) is 4.39 Å². The lowest BCUT2D eigenvalue weighted by atomic mass is 10.1. The molecule has 3 N–H and O–H groups in total. The molecule has 0 saturated carbocycles. The van der Waals surface area contributed by atoms with E-state index < -0.39 is 0 Å². The number of carbonyl (C=O) groups excluding carboxylic acids is 1. The summed E-state index contributed by atoms with van der Waals surface area (Å²) in [6, 6.07) is 4.34. The Balaban J connectivity index is 2.28. The summed E-state index contributed by atoms with van der Waals surface area (Å²) in [5.74, 6) is -0.637. The van der Waals surface area contributed by atoms with E-state index in [1.807, 2.05) is 6.92 Å². The van der Waals surface area contributed by atoms with Crippen molar-refractivity contribution in [2.24, 2.45) is 12.8 Å². The summed E-state index contributed by atoms with van der Waals surface area (Å²) in [5, 5.41) is 6.94. The van der Waals surface area contributed by atoms with Crippen LogP contribution in [0.5, 0.6) is 0 Å². The van der Waals surface area contributed by atoms with Crippen LogP contribution in [0.2, 0.25) is 0 Å². The summed E-state index contributed by atoms with van der Waals surface area (Å²) in [6.07, 6.45) is 0. The van der Waals surface area contributed by atoms with Crippen molar-refractivity contribution in [1.82, 2.24) is 9.78 Å². The summed E-state index contributed by atoms with van der Waals surface area (Å²) in [5.41, 5.74) is 8.29. The molecule has 0 aliphatic heterocycles. The van der Waals surface area contributed by atoms with Crippen molar-refractivity contribution in [2.75, 3.05) is 5.32 Å². The van der Waals surface area contributed by atoms with Crippen LogP contribution in [-0.2, 0) is 13.6 Å². The van der Waals surface area contributed by atoms with Gasteiger partial charge in [0.05, 0.1) is 11.3 Å². The first kappa shape index (κ1) is 14.2. The number of hydrogen-bond donors (Lipinski definition) is 2. The van der Waals surface area contributed by atoms with Gasteiger partial charge >= 0.3 is 0 Å². The monoisotopic (exact) mass is 276 g/mol. The van der Waals surface area contributed by atoms with Gasteiger partial charge in [0.15, 0.2) is 0 Å². The molecule has 0 saturated heterocycles. The van der Waals surface area contributed by atoms with E-state index >= 15 is 0 Å². The second-order valence-corrected chi connectivity index (χ2v) is 4.63. The molecule has 0 aliphatic rings. The highest BCUT2D eigenvalue weighted by atomic mass is 19.1. The van der Waals surface area contributed by atoms with Gasteiger partial charge in [0, 0.05) is 30.5 Å². The van der Waals surface area contributed by atoms with Crippen molar-refractivity contribution in [3.8, 4) is 0 Å². The molecule has 1 aromatic carbocycles. The van der Waals surface area contributed by atoms with E-state index in [0.29, 0.717) is 22.5 Å². The lowest BCUT2D eigenvalue weighted by Gasteiger charge is -2.08. The fraction of sp³-hybridized carbons (Fsp3) is 0.286. The number of amides is 1. The zero-order valence-corrected chi connectivity index (χ0v) is 11.7. The third kappa shape index (κ3) is 2.55. The number of carbonyl (C=O) groups is 1. The number of benzene rings is 1. The van der Waals surface area contributed by atoms with Crippen LogP contribution >= 0.6 is 0 Å². The number of aromatic nitrogens is 2. The lowest BCUT2D eigenvalue weighted by Crippen LogP contribution is -2.14. The van der Waals surface area contributed by atoms with Crippen molar-refractivity contribution >= 4 is 11.6 Å². The molecule has 2 aromatic rings. The Morgan fingerprint density at radius 2 is 2.15 bits per heavy atom. The number of nitrogens with one attached hydrogen (secondary N) is 1. The maximum Gasteiger partial charge on any atom is 0.259 e. The molecule has 2 rings (SSSR count). The Morgan fingerprint density at radius 3 is 2.70 bits per heavy atom. The second kappa shape index (κ2) is 5.42. The van der Waals surface area contributed by atoms with Gasteiger partial charge in [-0.1, -0.05) is 0 Å². The van der Waals surface area contributed by atoms with Crippen molar-refractivity contribution in [2.45, 2.75) is 20.4 Å². The topological polar surface area (TPSA) is 72.9 Å². The lowest BCUT2D eigenvalue weighted by molar-refractivity contribution is 0.102. The van der Waals surface area contributed by atoms with Gasteiger partial charge in [-0.05, 0) is 32.0 Å². The molecule has 1 aromatic heterocycles. The van der Waals surface area contributed by atoms with Crippen LogP contribution < -0.4 is 11.1 Å². The third-order valence-electron chi connectivity index (χ3n) is 3.26. The molecule has 0 atom stereocenters. The Hall–Kier alpha value is -2.21. The summed E-state index contributed by atoms with van der Waals surface area (Å²) >= 11 is 0. The minimum Gasteiger partial charge on any atom is -0.326 e. The van der Waals surface area contributed by atoms with Gasteiger partial charge < -0.3 is 11.1 Å². The second-order valence-electron chi connectivity index (χ2n) is 4.63. The standard InChI is InChI=1S/C14H17FN4O/c1-8-13(9(2)19(3)18-8)14(20)17-11-4-5-12(15)10(6-11)7-16/h4-6H,7,16H2,1-3H3,(H,17,20). The van der Waals surface area contributed by atoms with Gasteiger partial charge in [0.2, 0.25) is 0 Å². The maximum atomic E-state index is 13.4. The van der Waals surface area contributed by atoms with Gasteiger partial charge in [-0.2, -0.15) is 5.10 Å². The minimum atomic E-state index is -0.376.